The number of hydrogen-bond acceptors (Lipinski definition) is 3. The zero-order chi connectivity index (χ0) is 20.6. The molecule has 0 saturated heterocycles. The van der Waals surface area contributed by atoms with Crippen LogP contribution in [0, 0.1) is 17.5 Å². The molecule has 0 amide bonds. The smallest absolute Gasteiger partial charge is 0.337 e. The van der Waals surface area contributed by atoms with Crippen molar-refractivity contribution in [3.05, 3.63) is 75.7 Å². The number of carbonyl (C=O) groups excluding carboxylic acids is 1. The van der Waals surface area contributed by atoms with Gasteiger partial charge in [-0.1, -0.05) is 17.7 Å². The summed E-state index contributed by atoms with van der Waals surface area (Å²) >= 11 is 11.2. The van der Waals surface area contributed by atoms with E-state index < -0.39 is 29.5 Å². The van der Waals surface area contributed by atoms with Crippen molar-refractivity contribution >= 4 is 40.6 Å². The second-order valence-electron chi connectivity index (χ2n) is 5.94. The third-order valence-corrected chi connectivity index (χ3v) is 4.93. The van der Waals surface area contributed by atoms with Gasteiger partial charge in [0.05, 0.1) is 29.3 Å². The number of esters is 1. The number of thiocarbonyl (C=S) groups is 1. The summed E-state index contributed by atoms with van der Waals surface area (Å²) in [6, 6.07) is 6.07. The van der Waals surface area contributed by atoms with Gasteiger partial charge in [0.15, 0.2) is 5.11 Å². The number of ether oxygens (including phenoxy) is 1. The first-order valence-electron chi connectivity index (χ1n) is 8.05. The first kappa shape index (κ1) is 20.2. The van der Waals surface area contributed by atoms with Gasteiger partial charge in [0.25, 0.3) is 0 Å². The fourth-order valence-electron chi connectivity index (χ4n) is 3.06. The van der Waals surface area contributed by atoms with Gasteiger partial charge in [-0.15, -0.1) is 0 Å². The molecule has 0 bridgehead atoms. The molecular weight excluding hydrogens is 413 g/mol. The molecule has 2 aromatic carbocycles. The van der Waals surface area contributed by atoms with E-state index in [0.717, 1.165) is 25.3 Å². The highest BCUT2D eigenvalue weighted by Gasteiger charge is 2.37. The van der Waals surface area contributed by atoms with Crippen molar-refractivity contribution in [2.75, 3.05) is 12.0 Å². The highest BCUT2D eigenvalue weighted by molar-refractivity contribution is 7.80. The van der Waals surface area contributed by atoms with Crippen LogP contribution in [-0.4, -0.2) is 18.2 Å². The van der Waals surface area contributed by atoms with E-state index >= 15 is 0 Å². The molecular formula is C19H14ClF3N2O2S. The Morgan fingerprint density at radius 2 is 1.82 bits per heavy atom. The van der Waals surface area contributed by atoms with Crippen molar-refractivity contribution < 1.29 is 22.7 Å². The number of carbonyl (C=O) groups is 1. The van der Waals surface area contributed by atoms with Crippen LogP contribution in [0.15, 0.2) is 47.7 Å². The number of anilines is 1. The minimum Gasteiger partial charge on any atom is -0.466 e. The van der Waals surface area contributed by atoms with E-state index in [1.807, 2.05) is 0 Å². The number of hydrogen-bond donors (Lipinski definition) is 1. The zero-order valence-corrected chi connectivity index (χ0v) is 16.3. The van der Waals surface area contributed by atoms with E-state index in [0.29, 0.717) is 5.69 Å². The van der Waals surface area contributed by atoms with Gasteiger partial charge in [-0.3, -0.25) is 4.90 Å². The minimum atomic E-state index is -1.20. The summed E-state index contributed by atoms with van der Waals surface area (Å²) in [7, 11) is 1.16. The number of nitrogens with zero attached hydrogens (tertiary/aromatic N) is 1. The van der Waals surface area contributed by atoms with Gasteiger partial charge in [-0.2, -0.15) is 0 Å². The van der Waals surface area contributed by atoms with Gasteiger partial charge < -0.3 is 10.1 Å². The second-order valence-corrected chi connectivity index (χ2v) is 6.74. The van der Waals surface area contributed by atoms with Gasteiger partial charge in [0.2, 0.25) is 0 Å². The Kier molecular flexibility index (Phi) is 5.62. The highest BCUT2D eigenvalue weighted by atomic mass is 35.5. The molecule has 1 aliphatic rings. The molecule has 0 aromatic heterocycles. The van der Waals surface area contributed by atoms with Gasteiger partial charge in [0, 0.05) is 11.4 Å². The SMILES string of the molecule is COC(=O)C1=C(C)N(c2ccc(F)c(Cl)c2)C(=S)NC1c1c(F)cccc1F. The third kappa shape index (κ3) is 3.45. The highest BCUT2D eigenvalue weighted by Crippen LogP contribution is 2.36. The van der Waals surface area contributed by atoms with E-state index in [2.05, 4.69) is 5.32 Å². The Hall–Kier alpha value is -2.58. The Bertz CT molecular complexity index is 992. The molecule has 0 saturated carbocycles. The lowest BCUT2D eigenvalue weighted by atomic mass is 9.94. The average molecular weight is 427 g/mol. The number of methoxy groups -OCH3 is 1. The Morgan fingerprint density at radius 3 is 2.39 bits per heavy atom. The number of nitrogens with one attached hydrogen (secondary N) is 1. The molecule has 3 rings (SSSR count). The van der Waals surface area contributed by atoms with Crippen LogP contribution < -0.4 is 10.2 Å². The Balaban J connectivity index is 2.21. The summed E-state index contributed by atoms with van der Waals surface area (Å²) in [4.78, 5) is 13.9. The molecule has 0 aliphatic carbocycles. The van der Waals surface area contributed by atoms with Crippen LogP contribution in [0.25, 0.3) is 0 Å². The first-order chi connectivity index (χ1) is 13.3. The Labute approximate surface area is 169 Å². The van der Waals surface area contributed by atoms with Crippen molar-refractivity contribution in [1.29, 1.82) is 0 Å². The number of rotatable bonds is 3. The van der Waals surface area contributed by atoms with E-state index in [9.17, 15) is 18.0 Å². The molecule has 0 spiro atoms. The number of halogens is 4. The molecule has 0 radical (unpaired) electrons. The summed E-state index contributed by atoms with van der Waals surface area (Å²) in [6.45, 7) is 1.54. The average Bonchev–Trinajstić information content (AvgIpc) is 2.64. The third-order valence-electron chi connectivity index (χ3n) is 4.34. The summed E-state index contributed by atoms with van der Waals surface area (Å²) in [5.41, 5.74) is 0.239. The van der Waals surface area contributed by atoms with E-state index in [1.54, 1.807) is 6.92 Å². The summed E-state index contributed by atoms with van der Waals surface area (Å²) in [6.07, 6.45) is 0. The molecule has 0 fully saturated rings. The molecule has 4 nitrogen and oxygen atoms in total. The predicted octanol–water partition coefficient (Wildman–Crippen LogP) is 4.64. The first-order valence-corrected chi connectivity index (χ1v) is 8.83. The van der Waals surface area contributed by atoms with E-state index in [1.165, 1.54) is 23.1 Å². The maximum atomic E-state index is 14.4. The van der Waals surface area contributed by atoms with Crippen molar-refractivity contribution in [2.45, 2.75) is 13.0 Å². The summed E-state index contributed by atoms with van der Waals surface area (Å²) in [5, 5.41) is 2.69. The molecule has 9 heteroatoms. The standard InChI is InChI=1S/C19H14ClF3N2O2S/c1-9-15(18(26)27-2)17(16-13(22)4-3-5-14(16)23)24-19(28)25(9)10-6-7-12(21)11(20)8-10/h3-8,17H,1-2H3,(H,24,28). The lowest BCUT2D eigenvalue weighted by molar-refractivity contribution is -0.136. The quantitative estimate of drug-likeness (QED) is 0.572. The van der Waals surface area contributed by atoms with Crippen molar-refractivity contribution in [3.8, 4) is 0 Å². The molecule has 146 valence electrons. The predicted molar refractivity (Wildman–Crippen MR) is 103 cm³/mol. The molecule has 1 unspecified atom stereocenters. The number of benzene rings is 2. The van der Waals surface area contributed by atoms with Crippen molar-refractivity contribution in [2.24, 2.45) is 0 Å². The fraction of sp³-hybridized carbons (Fsp3) is 0.158. The van der Waals surface area contributed by atoms with Crippen LogP contribution >= 0.6 is 23.8 Å². The van der Waals surface area contributed by atoms with Crippen LogP contribution in [0.1, 0.15) is 18.5 Å². The monoisotopic (exact) mass is 426 g/mol. The second kappa shape index (κ2) is 7.81. The minimum absolute atomic E-state index is 0.0412. The maximum absolute atomic E-state index is 14.4. The Morgan fingerprint density at radius 1 is 1.18 bits per heavy atom. The summed E-state index contributed by atoms with van der Waals surface area (Å²) < 4.78 is 47.1. The van der Waals surface area contributed by atoms with Gasteiger partial charge in [-0.25, -0.2) is 18.0 Å². The molecule has 1 atom stereocenters. The largest absolute Gasteiger partial charge is 0.466 e. The van der Waals surface area contributed by atoms with Gasteiger partial charge in [0.1, 0.15) is 17.5 Å². The number of allylic oxidation sites excluding steroid dienone is 1. The normalized spacial score (nSPS) is 16.9. The van der Waals surface area contributed by atoms with Crippen molar-refractivity contribution in [3.63, 3.8) is 0 Å². The molecule has 1 heterocycles. The maximum Gasteiger partial charge on any atom is 0.337 e. The molecule has 2 aromatic rings. The van der Waals surface area contributed by atoms with Crippen LogP contribution in [0.2, 0.25) is 5.02 Å². The van der Waals surface area contributed by atoms with E-state index in [4.69, 9.17) is 28.6 Å². The lowest BCUT2D eigenvalue weighted by Crippen LogP contribution is -2.48. The van der Waals surface area contributed by atoms with Crippen LogP contribution in [-0.2, 0) is 9.53 Å². The van der Waals surface area contributed by atoms with Crippen LogP contribution in [0.4, 0.5) is 18.9 Å². The molecule has 1 aliphatic heterocycles. The fourth-order valence-corrected chi connectivity index (χ4v) is 3.59. The van der Waals surface area contributed by atoms with Crippen molar-refractivity contribution in [1.82, 2.24) is 5.32 Å². The van der Waals surface area contributed by atoms with E-state index in [-0.39, 0.29) is 27.0 Å². The van der Waals surface area contributed by atoms with Gasteiger partial charge in [-0.05, 0) is 49.5 Å². The zero-order valence-electron chi connectivity index (χ0n) is 14.7. The topological polar surface area (TPSA) is 41.6 Å². The van der Waals surface area contributed by atoms with Crippen LogP contribution in [0.3, 0.4) is 0 Å². The van der Waals surface area contributed by atoms with Crippen LogP contribution in [0.5, 0.6) is 0 Å². The molecule has 1 N–H and O–H groups in total. The lowest BCUT2D eigenvalue weighted by Gasteiger charge is -2.37. The van der Waals surface area contributed by atoms with Gasteiger partial charge >= 0.3 is 5.97 Å². The molecule has 28 heavy (non-hydrogen) atoms. The summed E-state index contributed by atoms with van der Waals surface area (Å²) in [5.74, 6) is -3.10.